The first-order valence-corrected chi connectivity index (χ1v) is 9.32. The zero-order valence-electron chi connectivity index (χ0n) is 13.8. The first-order valence-electron chi connectivity index (χ1n) is 8.37. The molecule has 1 aliphatic rings. The van der Waals surface area contributed by atoms with Crippen molar-refractivity contribution in [2.24, 2.45) is 0 Å². The summed E-state index contributed by atoms with van der Waals surface area (Å²) in [5.74, 6) is 0.907. The highest BCUT2D eigenvalue weighted by molar-refractivity contribution is 7.07. The van der Waals surface area contributed by atoms with Crippen LogP contribution in [0.5, 0.6) is 5.75 Å². The molecule has 1 unspecified atom stereocenters. The number of benzene rings is 1. The van der Waals surface area contributed by atoms with Crippen LogP contribution < -0.4 is 4.74 Å². The molecule has 0 radical (unpaired) electrons. The maximum atomic E-state index is 10.6. The molecule has 3 heterocycles. The minimum absolute atomic E-state index is 0.659. The Morgan fingerprint density at radius 3 is 3.00 bits per heavy atom. The van der Waals surface area contributed by atoms with E-state index < -0.39 is 6.10 Å². The topological polar surface area (TPSA) is 45.6 Å². The van der Waals surface area contributed by atoms with Gasteiger partial charge in [-0.1, -0.05) is 12.1 Å². The molecule has 4 nitrogen and oxygen atoms in total. The fourth-order valence-electron chi connectivity index (χ4n) is 3.12. The minimum atomic E-state index is -0.722. The molecule has 5 heteroatoms. The van der Waals surface area contributed by atoms with Crippen LogP contribution in [0.1, 0.15) is 28.5 Å². The van der Waals surface area contributed by atoms with Crippen molar-refractivity contribution in [3.8, 4) is 5.75 Å². The second kappa shape index (κ2) is 7.35. The van der Waals surface area contributed by atoms with Crippen molar-refractivity contribution in [3.63, 3.8) is 0 Å². The van der Waals surface area contributed by atoms with Crippen LogP contribution in [0, 0.1) is 0 Å². The lowest BCUT2D eigenvalue weighted by atomic mass is 10.0. The predicted octanol–water partition coefficient (Wildman–Crippen LogP) is 3.62. The number of hydrogen-bond donors (Lipinski definition) is 1. The molecule has 1 aromatic carbocycles. The van der Waals surface area contributed by atoms with Crippen molar-refractivity contribution in [3.05, 3.63) is 81.8 Å². The molecule has 128 valence electrons. The van der Waals surface area contributed by atoms with Crippen LogP contribution in [0.2, 0.25) is 0 Å². The van der Waals surface area contributed by atoms with Crippen molar-refractivity contribution in [1.29, 1.82) is 0 Å². The molecule has 4 rings (SSSR count). The van der Waals surface area contributed by atoms with Crippen molar-refractivity contribution in [2.75, 3.05) is 13.2 Å². The van der Waals surface area contributed by atoms with E-state index in [9.17, 15) is 5.11 Å². The highest BCUT2D eigenvalue weighted by atomic mass is 32.1. The van der Waals surface area contributed by atoms with E-state index in [-0.39, 0.29) is 0 Å². The lowest BCUT2D eigenvalue weighted by Gasteiger charge is -2.19. The van der Waals surface area contributed by atoms with Crippen LogP contribution in [0.4, 0.5) is 0 Å². The monoisotopic (exact) mass is 352 g/mol. The number of nitrogens with zero attached hydrogens (tertiary/aromatic N) is 2. The maximum absolute atomic E-state index is 10.6. The molecule has 0 bridgehead atoms. The van der Waals surface area contributed by atoms with E-state index in [1.807, 2.05) is 36.4 Å². The van der Waals surface area contributed by atoms with Gasteiger partial charge in [0.15, 0.2) is 0 Å². The number of aliphatic hydroxyl groups excluding tert-OH is 1. The standard InChI is InChI=1S/C20H20N2O2S/c23-20(18-3-1-2-7-21-18)16-4-5-19-17(11-16)13-22(8-9-24-19)12-15-6-10-25-14-15/h1-7,10-11,14,20,23H,8-9,12-13H2. The minimum Gasteiger partial charge on any atom is -0.492 e. The van der Waals surface area contributed by atoms with Crippen LogP contribution in [0.15, 0.2) is 59.4 Å². The van der Waals surface area contributed by atoms with Gasteiger partial charge in [0.05, 0.1) is 5.69 Å². The number of fused-ring (bicyclic) bond motifs is 1. The quantitative estimate of drug-likeness (QED) is 0.779. The third-order valence-corrected chi connectivity index (χ3v) is 5.15. The number of rotatable bonds is 4. The van der Waals surface area contributed by atoms with Gasteiger partial charge in [-0.3, -0.25) is 9.88 Å². The van der Waals surface area contributed by atoms with Crippen LogP contribution in [-0.2, 0) is 13.1 Å². The van der Waals surface area contributed by atoms with Gasteiger partial charge in [0.2, 0.25) is 0 Å². The first kappa shape index (κ1) is 16.3. The molecular weight excluding hydrogens is 332 g/mol. The van der Waals surface area contributed by atoms with Gasteiger partial charge in [0.1, 0.15) is 18.5 Å². The summed E-state index contributed by atoms with van der Waals surface area (Å²) in [4.78, 5) is 6.64. The molecule has 1 atom stereocenters. The smallest absolute Gasteiger partial charge is 0.123 e. The average molecular weight is 352 g/mol. The van der Waals surface area contributed by atoms with Gasteiger partial charge in [0, 0.05) is 31.4 Å². The normalized spacial score (nSPS) is 15.9. The number of aromatic nitrogens is 1. The van der Waals surface area contributed by atoms with Crippen LogP contribution in [0.3, 0.4) is 0 Å². The summed E-state index contributed by atoms with van der Waals surface area (Å²) in [6.45, 7) is 3.30. The molecule has 0 saturated carbocycles. The Morgan fingerprint density at radius 1 is 1.24 bits per heavy atom. The molecular formula is C20H20N2O2S. The first-order chi connectivity index (χ1) is 12.3. The van der Waals surface area contributed by atoms with Crippen LogP contribution in [-0.4, -0.2) is 28.1 Å². The summed E-state index contributed by atoms with van der Waals surface area (Å²) < 4.78 is 5.90. The summed E-state index contributed by atoms with van der Waals surface area (Å²) in [5.41, 5.74) is 3.95. The fraction of sp³-hybridized carbons (Fsp3) is 0.250. The number of ether oxygens (including phenoxy) is 1. The van der Waals surface area contributed by atoms with E-state index in [1.54, 1.807) is 17.5 Å². The van der Waals surface area contributed by atoms with E-state index in [0.717, 1.165) is 36.5 Å². The molecule has 0 aliphatic carbocycles. The molecule has 1 aliphatic heterocycles. The third-order valence-electron chi connectivity index (χ3n) is 4.41. The highest BCUT2D eigenvalue weighted by Crippen LogP contribution is 2.29. The largest absolute Gasteiger partial charge is 0.492 e. The molecule has 0 fully saturated rings. The summed E-state index contributed by atoms with van der Waals surface area (Å²) in [6, 6.07) is 13.7. The van der Waals surface area contributed by atoms with Crippen molar-refractivity contribution in [1.82, 2.24) is 9.88 Å². The highest BCUT2D eigenvalue weighted by Gasteiger charge is 2.19. The Morgan fingerprint density at radius 2 is 2.20 bits per heavy atom. The van der Waals surface area contributed by atoms with Gasteiger partial charge < -0.3 is 9.84 Å². The van der Waals surface area contributed by atoms with Crippen LogP contribution in [0.25, 0.3) is 0 Å². The molecule has 0 saturated heterocycles. The Bertz CT molecular complexity index is 821. The molecule has 3 aromatic rings. The average Bonchev–Trinajstić information content (AvgIpc) is 3.07. The van der Waals surface area contributed by atoms with Gasteiger partial charge in [-0.05, 0) is 52.2 Å². The summed E-state index contributed by atoms with van der Waals surface area (Å²) in [7, 11) is 0. The predicted molar refractivity (Wildman–Crippen MR) is 98.7 cm³/mol. The van der Waals surface area contributed by atoms with Crippen LogP contribution >= 0.6 is 11.3 Å². The molecule has 0 amide bonds. The number of aliphatic hydroxyl groups is 1. The molecule has 0 spiro atoms. The van der Waals surface area contributed by atoms with Gasteiger partial charge in [-0.15, -0.1) is 0 Å². The van der Waals surface area contributed by atoms with E-state index in [0.29, 0.717) is 12.3 Å². The molecule has 2 aromatic heterocycles. The Balaban J connectivity index is 1.57. The van der Waals surface area contributed by atoms with E-state index in [2.05, 4.69) is 26.7 Å². The van der Waals surface area contributed by atoms with Gasteiger partial charge in [-0.25, -0.2) is 0 Å². The van der Waals surface area contributed by atoms with Crippen molar-refractivity contribution < 1.29 is 9.84 Å². The number of pyridine rings is 1. The summed E-state index contributed by atoms with van der Waals surface area (Å²) in [5, 5.41) is 14.9. The van der Waals surface area contributed by atoms with Crippen molar-refractivity contribution >= 4 is 11.3 Å². The van der Waals surface area contributed by atoms with Gasteiger partial charge >= 0.3 is 0 Å². The lowest BCUT2D eigenvalue weighted by molar-refractivity contribution is 0.215. The van der Waals surface area contributed by atoms with E-state index in [1.165, 1.54) is 5.56 Å². The Hall–Kier alpha value is -2.21. The third kappa shape index (κ3) is 3.74. The molecule has 25 heavy (non-hydrogen) atoms. The zero-order chi connectivity index (χ0) is 17.1. The van der Waals surface area contributed by atoms with Gasteiger partial charge in [0.25, 0.3) is 0 Å². The number of thiophene rings is 1. The second-order valence-corrected chi connectivity index (χ2v) is 7.00. The zero-order valence-corrected chi connectivity index (χ0v) is 14.7. The Kier molecular flexibility index (Phi) is 4.78. The van der Waals surface area contributed by atoms with Crippen molar-refractivity contribution in [2.45, 2.75) is 19.2 Å². The molecule has 1 N–H and O–H groups in total. The second-order valence-electron chi connectivity index (χ2n) is 6.22. The number of hydrogen-bond acceptors (Lipinski definition) is 5. The Labute approximate surface area is 151 Å². The van der Waals surface area contributed by atoms with E-state index in [4.69, 9.17) is 4.74 Å². The lowest BCUT2D eigenvalue weighted by Crippen LogP contribution is -2.25. The summed E-state index contributed by atoms with van der Waals surface area (Å²) >= 11 is 1.73. The fourth-order valence-corrected chi connectivity index (χ4v) is 3.78. The SMILES string of the molecule is OC(c1ccc2c(c1)CN(Cc1ccsc1)CCO2)c1ccccn1. The maximum Gasteiger partial charge on any atom is 0.123 e. The summed E-state index contributed by atoms with van der Waals surface area (Å²) in [6.07, 6.45) is 0.980. The van der Waals surface area contributed by atoms with E-state index >= 15 is 0 Å². The van der Waals surface area contributed by atoms with Gasteiger partial charge in [-0.2, -0.15) is 11.3 Å².